The summed E-state index contributed by atoms with van der Waals surface area (Å²) >= 11 is 1.71. The van der Waals surface area contributed by atoms with Crippen molar-refractivity contribution in [2.24, 2.45) is 0 Å². The summed E-state index contributed by atoms with van der Waals surface area (Å²) in [5.74, 6) is 0.618. The number of hydrogen-bond donors (Lipinski definition) is 2. The minimum atomic E-state index is 0.0201. The van der Waals surface area contributed by atoms with Crippen molar-refractivity contribution in [3.8, 4) is 0 Å². The second kappa shape index (κ2) is 6.29. The highest BCUT2D eigenvalue weighted by atomic mass is 32.1. The minimum absolute atomic E-state index is 0.0201. The van der Waals surface area contributed by atoms with Crippen LogP contribution in [-0.4, -0.2) is 30.0 Å². The third-order valence-electron chi connectivity index (χ3n) is 3.12. The maximum absolute atomic E-state index is 11.8. The molecule has 1 amide bonds. The molecule has 1 saturated heterocycles. The van der Waals surface area contributed by atoms with E-state index in [-0.39, 0.29) is 11.9 Å². The van der Waals surface area contributed by atoms with Crippen molar-refractivity contribution in [2.45, 2.75) is 45.1 Å². The van der Waals surface area contributed by atoms with Crippen molar-refractivity contribution in [1.29, 1.82) is 0 Å². The van der Waals surface area contributed by atoms with Crippen molar-refractivity contribution >= 4 is 17.2 Å². The van der Waals surface area contributed by atoms with Crippen LogP contribution in [0.1, 0.15) is 43.3 Å². The summed E-state index contributed by atoms with van der Waals surface area (Å²) in [4.78, 5) is 16.3. The van der Waals surface area contributed by atoms with E-state index in [0.29, 0.717) is 12.5 Å². The molecular formula is C13H21N3OS. The first-order chi connectivity index (χ1) is 8.66. The highest BCUT2D eigenvalue weighted by Gasteiger charge is 2.21. The predicted molar refractivity (Wildman–Crippen MR) is 73.9 cm³/mol. The molecule has 2 N–H and O–H groups in total. The van der Waals surface area contributed by atoms with Crippen molar-refractivity contribution < 1.29 is 4.79 Å². The summed E-state index contributed by atoms with van der Waals surface area (Å²) in [6.07, 6.45) is 2.88. The van der Waals surface area contributed by atoms with Gasteiger partial charge in [-0.1, -0.05) is 13.8 Å². The Morgan fingerprint density at radius 1 is 1.67 bits per heavy atom. The molecule has 2 heterocycles. The summed E-state index contributed by atoms with van der Waals surface area (Å²) in [5.41, 5.74) is 1.09. The molecule has 0 radical (unpaired) electrons. The molecule has 4 nitrogen and oxygen atoms in total. The lowest BCUT2D eigenvalue weighted by molar-refractivity contribution is -0.122. The molecule has 1 aliphatic rings. The molecule has 2 rings (SSSR count). The molecule has 0 aliphatic carbocycles. The fourth-order valence-corrected chi connectivity index (χ4v) is 2.92. The fourth-order valence-electron chi connectivity index (χ4n) is 2.05. The van der Waals surface area contributed by atoms with Gasteiger partial charge in [0.15, 0.2) is 0 Å². The maximum atomic E-state index is 11.8. The zero-order chi connectivity index (χ0) is 13.0. The molecule has 0 aromatic carbocycles. The topological polar surface area (TPSA) is 54.0 Å². The van der Waals surface area contributed by atoms with Crippen molar-refractivity contribution in [3.63, 3.8) is 0 Å². The molecular weight excluding hydrogens is 246 g/mol. The number of carbonyl (C=O) groups is 1. The number of aromatic nitrogens is 1. The van der Waals surface area contributed by atoms with Gasteiger partial charge in [-0.3, -0.25) is 4.79 Å². The predicted octanol–water partition coefficient (Wildman–Crippen LogP) is 1.68. The van der Waals surface area contributed by atoms with E-state index in [0.717, 1.165) is 31.5 Å². The molecule has 1 fully saturated rings. The van der Waals surface area contributed by atoms with Gasteiger partial charge in [-0.15, -0.1) is 11.3 Å². The van der Waals surface area contributed by atoms with Crippen LogP contribution in [0.4, 0.5) is 0 Å². The Labute approximate surface area is 112 Å². The number of carbonyl (C=O) groups excluding carboxylic acids is 1. The number of nitrogens with zero attached hydrogens (tertiary/aromatic N) is 1. The van der Waals surface area contributed by atoms with Gasteiger partial charge in [0.1, 0.15) is 0 Å². The molecule has 100 valence electrons. The third kappa shape index (κ3) is 3.53. The second-order valence-corrected chi connectivity index (χ2v) is 5.91. The molecule has 0 saturated carbocycles. The summed E-state index contributed by atoms with van der Waals surface area (Å²) in [6, 6.07) is 0.0201. The Kier molecular flexibility index (Phi) is 4.72. The van der Waals surface area contributed by atoms with Crippen LogP contribution in [0, 0.1) is 0 Å². The van der Waals surface area contributed by atoms with Gasteiger partial charge < -0.3 is 10.6 Å². The maximum Gasteiger partial charge on any atom is 0.237 e. The van der Waals surface area contributed by atoms with E-state index in [2.05, 4.69) is 34.8 Å². The molecule has 1 aromatic heterocycles. The lowest BCUT2D eigenvalue weighted by Gasteiger charge is -2.10. The van der Waals surface area contributed by atoms with Crippen LogP contribution in [0.15, 0.2) is 5.38 Å². The van der Waals surface area contributed by atoms with Crippen LogP contribution >= 0.6 is 11.3 Å². The molecule has 1 aromatic rings. The lowest BCUT2D eigenvalue weighted by atomic mass is 10.2. The highest BCUT2D eigenvalue weighted by molar-refractivity contribution is 7.09. The Hall–Kier alpha value is -0.940. The number of thiazole rings is 1. The average molecular weight is 267 g/mol. The van der Waals surface area contributed by atoms with Gasteiger partial charge in [0, 0.05) is 24.3 Å². The minimum Gasteiger partial charge on any atom is -0.354 e. The molecule has 0 bridgehead atoms. The van der Waals surface area contributed by atoms with E-state index in [1.807, 2.05) is 0 Å². The summed E-state index contributed by atoms with van der Waals surface area (Å²) in [5, 5.41) is 9.44. The van der Waals surface area contributed by atoms with Crippen LogP contribution < -0.4 is 10.6 Å². The van der Waals surface area contributed by atoms with Crippen LogP contribution in [0.5, 0.6) is 0 Å². The Balaban J connectivity index is 1.72. The number of hydrogen-bond acceptors (Lipinski definition) is 4. The van der Waals surface area contributed by atoms with Gasteiger partial charge in [0.05, 0.1) is 16.7 Å². The van der Waals surface area contributed by atoms with E-state index >= 15 is 0 Å². The number of rotatable bonds is 5. The Morgan fingerprint density at radius 3 is 3.11 bits per heavy atom. The normalized spacial score (nSPS) is 19.4. The first kappa shape index (κ1) is 13.5. The first-order valence-electron chi connectivity index (χ1n) is 6.62. The largest absolute Gasteiger partial charge is 0.354 e. The van der Waals surface area contributed by atoms with E-state index in [1.54, 1.807) is 11.3 Å². The standard InChI is InChI=1S/C13H21N3OS/c1-9(2)13-16-10(8-18-13)5-7-15-12(17)11-4-3-6-14-11/h8-9,11,14H,3-7H2,1-2H3,(H,15,17). The zero-order valence-corrected chi connectivity index (χ0v) is 11.8. The van der Waals surface area contributed by atoms with Crippen LogP contribution in [0.25, 0.3) is 0 Å². The third-order valence-corrected chi connectivity index (χ3v) is 4.31. The van der Waals surface area contributed by atoms with E-state index in [9.17, 15) is 4.79 Å². The molecule has 18 heavy (non-hydrogen) atoms. The van der Waals surface area contributed by atoms with Crippen molar-refractivity contribution in [1.82, 2.24) is 15.6 Å². The highest BCUT2D eigenvalue weighted by Crippen LogP contribution is 2.19. The van der Waals surface area contributed by atoms with Gasteiger partial charge in [0.25, 0.3) is 0 Å². The first-order valence-corrected chi connectivity index (χ1v) is 7.50. The van der Waals surface area contributed by atoms with Crippen molar-refractivity contribution in [3.05, 3.63) is 16.1 Å². The molecule has 1 atom stereocenters. The summed E-state index contributed by atoms with van der Waals surface area (Å²) < 4.78 is 0. The quantitative estimate of drug-likeness (QED) is 0.853. The molecule has 5 heteroatoms. The van der Waals surface area contributed by atoms with Gasteiger partial charge in [-0.25, -0.2) is 4.98 Å². The van der Waals surface area contributed by atoms with Crippen LogP contribution in [-0.2, 0) is 11.2 Å². The van der Waals surface area contributed by atoms with Crippen LogP contribution in [0.2, 0.25) is 0 Å². The SMILES string of the molecule is CC(C)c1nc(CCNC(=O)C2CCCN2)cs1. The van der Waals surface area contributed by atoms with Crippen LogP contribution in [0.3, 0.4) is 0 Å². The zero-order valence-electron chi connectivity index (χ0n) is 11.0. The fraction of sp³-hybridized carbons (Fsp3) is 0.692. The van der Waals surface area contributed by atoms with Gasteiger partial charge in [-0.2, -0.15) is 0 Å². The second-order valence-electron chi connectivity index (χ2n) is 5.02. The van der Waals surface area contributed by atoms with E-state index in [1.165, 1.54) is 5.01 Å². The van der Waals surface area contributed by atoms with Gasteiger partial charge in [0.2, 0.25) is 5.91 Å². The smallest absolute Gasteiger partial charge is 0.237 e. The average Bonchev–Trinajstić information content (AvgIpc) is 3.00. The monoisotopic (exact) mass is 267 g/mol. The van der Waals surface area contributed by atoms with Crippen molar-refractivity contribution in [2.75, 3.05) is 13.1 Å². The Bertz CT molecular complexity index is 397. The number of nitrogens with one attached hydrogen (secondary N) is 2. The van der Waals surface area contributed by atoms with E-state index < -0.39 is 0 Å². The van der Waals surface area contributed by atoms with Gasteiger partial charge in [-0.05, 0) is 19.4 Å². The molecule has 0 spiro atoms. The number of amides is 1. The molecule has 1 aliphatic heterocycles. The summed E-state index contributed by atoms with van der Waals surface area (Å²) in [7, 11) is 0. The lowest BCUT2D eigenvalue weighted by Crippen LogP contribution is -2.41. The summed E-state index contributed by atoms with van der Waals surface area (Å²) in [6.45, 7) is 5.94. The van der Waals surface area contributed by atoms with E-state index in [4.69, 9.17) is 0 Å². The van der Waals surface area contributed by atoms with Gasteiger partial charge >= 0.3 is 0 Å². The molecule has 1 unspecified atom stereocenters. The Morgan fingerprint density at radius 2 is 2.50 bits per heavy atom.